The number of hydrogen-bond donors (Lipinski definition) is 2. The van der Waals surface area contributed by atoms with Crippen LogP contribution >= 0.6 is 0 Å². The fourth-order valence-electron chi connectivity index (χ4n) is 2.14. The monoisotopic (exact) mass is 275 g/mol. The zero-order valence-electron chi connectivity index (χ0n) is 11.5. The van der Waals surface area contributed by atoms with Crippen molar-refractivity contribution < 1.29 is 10.0 Å². The van der Waals surface area contributed by atoms with Gasteiger partial charge in [0.2, 0.25) is 0 Å². The molecule has 2 aromatic rings. The minimum Gasteiger partial charge on any atom is -0.396 e. The smallest absolute Gasteiger partial charge is 0.278 e. The summed E-state index contributed by atoms with van der Waals surface area (Å²) in [5.41, 5.74) is 1.67. The zero-order chi connectivity index (χ0) is 14.7. The molecular weight excluding hydrogens is 258 g/mol. The van der Waals surface area contributed by atoms with Gasteiger partial charge in [0.1, 0.15) is 0 Å². The first-order valence-corrected chi connectivity index (χ1v) is 6.44. The lowest BCUT2D eigenvalue weighted by Crippen LogP contribution is -2.16. The van der Waals surface area contributed by atoms with Gasteiger partial charge < -0.3 is 10.4 Å². The molecule has 6 nitrogen and oxygen atoms in total. The number of non-ortho nitro benzene ring substituents is 1. The van der Waals surface area contributed by atoms with Crippen molar-refractivity contribution in [2.45, 2.75) is 26.3 Å². The summed E-state index contributed by atoms with van der Waals surface area (Å²) in [7, 11) is 0. The summed E-state index contributed by atoms with van der Waals surface area (Å²) in [6.07, 6.45) is 2.15. The number of benzene rings is 1. The van der Waals surface area contributed by atoms with Crippen LogP contribution in [0.1, 0.15) is 19.0 Å². The number of pyridine rings is 1. The maximum absolute atomic E-state index is 11.1. The number of fused-ring (bicyclic) bond motifs is 1. The van der Waals surface area contributed by atoms with E-state index in [9.17, 15) is 10.1 Å². The second-order valence-electron chi connectivity index (χ2n) is 4.82. The van der Waals surface area contributed by atoms with Crippen LogP contribution in [-0.4, -0.2) is 27.7 Å². The van der Waals surface area contributed by atoms with Gasteiger partial charge in [0, 0.05) is 41.7 Å². The van der Waals surface area contributed by atoms with E-state index in [1.165, 1.54) is 12.3 Å². The number of nitrogens with one attached hydrogen (secondary N) is 1. The van der Waals surface area contributed by atoms with E-state index in [4.69, 9.17) is 5.11 Å². The summed E-state index contributed by atoms with van der Waals surface area (Å²) >= 11 is 0. The van der Waals surface area contributed by atoms with Gasteiger partial charge in [-0.05, 0) is 32.4 Å². The molecule has 2 N–H and O–H groups in total. The van der Waals surface area contributed by atoms with Gasteiger partial charge >= 0.3 is 0 Å². The highest BCUT2D eigenvalue weighted by molar-refractivity contribution is 5.99. The average molecular weight is 275 g/mol. The molecule has 1 atom stereocenters. The number of nitro benzene ring substituents is 1. The molecule has 1 aromatic heterocycles. The van der Waals surface area contributed by atoms with Gasteiger partial charge in [-0.3, -0.25) is 15.1 Å². The maximum atomic E-state index is 11.1. The van der Waals surface area contributed by atoms with Gasteiger partial charge in [0.05, 0.1) is 10.3 Å². The minimum atomic E-state index is -0.403. The molecular formula is C14H17N3O3. The number of aliphatic hydroxyl groups is 1. The predicted octanol–water partition coefficient (Wildman–Crippen LogP) is 2.63. The maximum Gasteiger partial charge on any atom is 0.278 e. The van der Waals surface area contributed by atoms with Gasteiger partial charge in [-0.1, -0.05) is 0 Å². The van der Waals surface area contributed by atoms with Crippen molar-refractivity contribution in [1.29, 1.82) is 0 Å². The molecule has 0 bridgehead atoms. The Morgan fingerprint density at radius 3 is 2.85 bits per heavy atom. The third-order valence-electron chi connectivity index (χ3n) is 3.18. The van der Waals surface area contributed by atoms with E-state index in [1.807, 2.05) is 19.9 Å². The van der Waals surface area contributed by atoms with Crippen LogP contribution in [0.25, 0.3) is 10.8 Å². The highest BCUT2D eigenvalue weighted by atomic mass is 16.6. The standard InChI is InChI=1S/C14H17N3O3/c1-9(5-6-18)16-13-3-4-14(17(19)20)12-8-15-10(2)7-11(12)13/h3-4,7-9,16,18H,5-6H2,1-2H3. The van der Waals surface area contributed by atoms with E-state index in [1.54, 1.807) is 6.07 Å². The van der Waals surface area contributed by atoms with Crippen LogP contribution in [0, 0.1) is 17.0 Å². The first-order valence-electron chi connectivity index (χ1n) is 6.44. The highest BCUT2D eigenvalue weighted by Gasteiger charge is 2.15. The largest absolute Gasteiger partial charge is 0.396 e. The Balaban J connectivity index is 2.53. The number of aromatic nitrogens is 1. The van der Waals surface area contributed by atoms with Gasteiger partial charge in [0.25, 0.3) is 5.69 Å². The molecule has 0 aliphatic carbocycles. The normalized spacial score (nSPS) is 12.3. The Bertz CT molecular complexity index is 643. The topological polar surface area (TPSA) is 88.3 Å². The third-order valence-corrected chi connectivity index (χ3v) is 3.18. The molecule has 6 heteroatoms. The van der Waals surface area contributed by atoms with Crippen molar-refractivity contribution in [2.75, 3.05) is 11.9 Å². The number of aryl methyl sites for hydroxylation is 1. The van der Waals surface area contributed by atoms with Crippen LogP contribution in [-0.2, 0) is 0 Å². The van der Waals surface area contributed by atoms with Crippen molar-refractivity contribution in [3.63, 3.8) is 0 Å². The second-order valence-corrected chi connectivity index (χ2v) is 4.82. The SMILES string of the molecule is Cc1cc2c(NC(C)CCO)ccc([N+](=O)[O-])c2cn1. The number of aliphatic hydroxyl groups excluding tert-OH is 1. The lowest BCUT2D eigenvalue weighted by Gasteiger charge is -2.16. The van der Waals surface area contributed by atoms with Crippen LogP contribution in [0.4, 0.5) is 11.4 Å². The summed E-state index contributed by atoms with van der Waals surface area (Å²) in [6.45, 7) is 3.90. The first-order chi connectivity index (χ1) is 9.52. The van der Waals surface area contributed by atoms with Crippen molar-refractivity contribution in [3.8, 4) is 0 Å². The predicted molar refractivity (Wildman–Crippen MR) is 77.9 cm³/mol. The summed E-state index contributed by atoms with van der Waals surface area (Å²) in [4.78, 5) is 14.8. The molecule has 2 rings (SSSR count). The molecule has 1 aromatic carbocycles. The molecule has 0 spiro atoms. The number of hydrogen-bond acceptors (Lipinski definition) is 5. The van der Waals surface area contributed by atoms with E-state index in [0.29, 0.717) is 11.8 Å². The highest BCUT2D eigenvalue weighted by Crippen LogP contribution is 2.31. The molecule has 0 fully saturated rings. The Morgan fingerprint density at radius 1 is 1.45 bits per heavy atom. The Kier molecular flexibility index (Phi) is 4.14. The summed E-state index contributed by atoms with van der Waals surface area (Å²) in [5.74, 6) is 0. The van der Waals surface area contributed by atoms with Crippen molar-refractivity contribution in [3.05, 3.63) is 40.2 Å². The molecule has 0 amide bonds. The van der Waals surface area contributed by atoms with E-state index in [2.05, 4.69) is 10.3 Å². The van der Waals surface area contributed by atoms with Crippen LogP contribution in [0.5, 0.6) is 0 Å². The summed E-state index contributed by atoms with van der Waals surface area (Å²) in [6, 6.07) is 5.09. The fourth-order valence-corrected chi connectivity index (χ4v) is 2.14. The molecule has 0 aliphatic rings. The Labute approximate surface area is 116 Å². The van der Waals surface area contributed by atoms with E-state index < -0.39 is 4.92 Å². The molecule has 0 aliphatic heterocycles. The second kappa shape index (κ2) is 5.83. The Hall–Kier alpha value is -2.21. The van der Waals surface area contributed by atoms with Crippen molar-refractivity contribution in [2.24, 2.45) is 0 Å². The summed E-state index contributed by atoms with van der Waals surface area (Å²) < 4.78 is 0. The lowest BCUT2D eigenvalue weighted by molar-refractivity contribution is -0.383. The lowest BCUT2D eigenvalue weighted by atomic mass is 10.1. The van der Waals surface area contributed by atoms with Gasteiger partial charge in [-0.25, -0.2) is 0 Å². The molecule has 0 saturated heterocycles. The molecule has 1 heterocycles. The van der Waals surface area contributed by atoms with E-state index in [-0.39, 0.29) is 18.3 Å². The number of nitrogens with zero attached hydrogens (tertiary/aromatic N) is 2. The molecule has 0 radical (unpaired) electrons. The molecule has 106 valence electrons. The van der Waals surface area contributed by atoms with Crippen LogP contribution in [0.15, 0.2) is 24.4 Å². The zero-order valence-corrected chi connectivity index (χ0v) is 11.5. The molecule has 20 heavy (non-hydrogen) atoms. The quantitative estimate of drug-likeness (QED) is 0.647. The van der Waals surface area contributed by atoms with E-state index in [0.717, 1.165) is 16.8 Å². The van der Waals surface area contributed by atoms with Crippen molar-refractivity contribution in [1.82, 2.24) is 4.98 Å². The minimum absolute atomic E-state index is 0.0489. The number of nitro groups is 1. The third kappa shape index (κ3) is 2.85. The number of rotatable bonds is 5. The molecule has 0 saturated carbocycles. The van der Waals surface area contributed by atoms with Crippen LogP contribution in [0.3, 0.4) is 0 Å². The number of anilines is 1. The van der Waals surface area contributed by atoms with Gasteiger partial charge in [-0.2, -0.15) is 0 Å². The van der Waals surface area contributed by atoms with E-state index >= 15 is 0 Å². The van der Waals surface area contributed by atoms with Crippen LogP contribution < -0.4 is 5.32 Å². The van der Waals surface area contributed by atoms with Crippen molar-refractivity contribution >= 4 is 22.1 Å². The first kappa shape index (κ1) is 14.2. The fraction of sp³-hybridized carbons (Fsp3) is 0.357. The molecule has 1 unspecified atom stereocenters. The van der Waals surface area contributed by atoms with Gasteiger partial charge in [0.15, 0.2) is 0 Å². The average Bonchev–Trinajstić information content (AvgIpc) is 2.39. The van der Waals surface area contributed by atoms with Crippen LogP contribution in [0.2, 0.25) is 0 Å². The Morgan fingerprint density at radius 2 is 2.20 bits per heavy atom. The van der Waals surface area contributed by atoms with Gasteiger partial charge in [-0.15, -0.1) is 0 Å². The summed E-state index contributed by atoms with van der Waals surface area (Å²) in [5, 5.41) is 24.6.